The lowest BCUT2D eigenvalue weighted by atomic mass is 10.0. The van der Waals surface area contributed by atoms with Crippen LogP contribution in [-0.4, -0.2) is 42.2 Å². The Labute approximate surface area is 322 Å². The Balaban J connectivity index is 4.41. The third kappa shape index (κ3) is 37.9. The number of ether oxygens (including phenoxy) is 2. The van der Waals surface area contributed by atoms with E-state index in [1.807, 2.05) is 0 Å². The van der Waals surface area contributed by atoms with Gasteiger partial charge in [-0.25, -0.2) is 0 Å². The second-order valence-corrected chi connectivity index (χ2v) is 15.5. The highest BCUT2D eigenvalue weighted by molar-refractivity contribution is 7.44. The summed E-state index contributed by atoms with van der Waals surface area (Å²) < 4.78 is 26.8. The molecule has 0 bridgehead atoms. The number of unbranched alkanes of at least 4 members (excludes halogenated alkanes) is 23. The van der Waals surface area contributed by atoms with E-state index in [9.17, 15) is 19.0 Å². The van der Waals surface area contributed by atoms with Crippen LogP contribution in [0.15, 0.2) is 29.4 Å². The maximum absolute atomic E-state index is 12.7. The van der Waals surface area contributed by atoms with Gasteiger partial charge in [0.1, 0.15) is 6.10 Å². The Morgan fingerprint density at radius 3 is 1.45 bits per heavy atom. The lowest BCUT2D eigenvalue weighted by Gasteiger charge is -2.27. The van der Waals surface area contributed by atoms with Crippen molar-refractivity contribution in [3.05, 3.63) is 34.7 Å². The van der Waals surface area contributed by atoms with Gasteiger partial charge in [-0.2, -0.15) is 0 Å². The number of azide groups is 1. The standard InChI is InChI=1S/C41H76N3O8P/c1-3-5-7-9-11-13-15-17-19-21-23-25-27-29-31-33-35-41(46)52-39(37-50-53(47,48)49)38(36-43-44-42)51-40(45)34-32-30-28-26-24-22-20-18-16-14-12-10-8-6-4-2/h11,13,17,19,38-39H,3-10,12,14-16,18,20-37H2,1-2H3,(H2,47,48,49)/p-1/b13-11-,19-17-/t38-,39-/m0/s1. The zero-order chi connectivity index (χ0) is 39.1. The Hall–Kier alpha value is -2.16. The van der Waals surface area contributed by atoms with Crippen LogP contribution in [0.3, 0.4) is 0 Å². The molecule has 0 rings (SSSR count). The molecule has 0 spiro atoms. The summed E-state index contributed by atoms with van der Waals surface area (Å²) in [6, 6.07) is 0. The minimum Gasteiger partial charge on any atom is -0.756 e. The number of hydrogen-bond acceptors (Lipinski definition) is 8. The first-order valence-electron chi connectivity index (χ1n) is 21.1. The van der Waals surface area contributed by atoms with Crippen molar-refractivity contribution < 1.29 is 37.9 Å². The van der Waals surface area contributed by atoms with Crippen molar-refractivity contribution in [3.8, 4) is 0 Å². The summed E-state index contributed by atoms with van der Waals surface area (Å²) in [6.45, 7) is 3.30. The highest BCUT2D eigenvalue weighted by atomic mass is 31.2. The SMILES string of the molecule is CCCCC/C=C\C/C=C\CCCCCCCCC(=O)O[C@@H](COP(=O)([O-])O)[C@H](CN=[N+]=[N-])OC(=O)CCCCCCCCCCCCCCCCC. The number of nitrogens with zero attached hydrogens (tertiary/aromatic N) is 3. The maximum atomic E-state index is 12.7. The number of esters is 2. The minimum atomic E-state index is -5.16. The molecule has 0 saturated heterocycles. The number of hydrogen-bond donors (Lipinski definition) is 1. The predicted octanol–water partition coefficient (Wildman–Crippen LogP) is 12.1. The maximum Gasteiger partial charge on any atom is 0.306 e. The molecule has 0 saturated carbocycles. The average molecular weight is 769 g/mol. The highest BCUT2D eigenvalue weighted by Gasteiger charge is 2.30. The van der Waals surface area contributed by atoms with Gasteiger partial charge in [0, 0.05) is 17.8 Å². The van der Waals surface area contributed by atoms with Crippen LogP contribution >= 0.6 is 7.82 Å². The van der Waals surface area contributed by atoms with E-state index < -0.39 is 38.6 Å². The summed E-state index contributed by atoms with van der Waals surface area (Å²) in [6.07, 6.45) is 37.3. The molecule has 53 heavy (non-hydrogen) atoms. The van der Waals surface area contributed by atoms with E-state index >= 15 is 0 Å². The van der Waals surface area contributed by atoms with E-state index in [-0.39, 0.29) is 19.4 Å². The first kappa shape index (κ1) is 50.8. The molecule has 0 radical (unpaired) electrons. The van der Waals surface area contributed by atoms with Crippen LogP contribution in [0.4, 0.5) is 0 Å². The van der Waals surface area contributed by atoms with Crippen molar-refractivity contribution in [2.24, 2.45) is 5.11 Å². The van der Waals surface area contributed by atoms with Gasteiger partial charge in [0.25, 0.3) is 7.82 Å². The molecule has 0 aliphatic carbocycles. The smallest absolute Gasteiger partial charge is 0.306 e. The second kappa shape index (κ2) is 38.1. The molecule has 0 aliphatic heterocycles. The van der Waals surface area contributed by atoms with Gasteiger partial charge in [-0.1, -0.05) is 172 Å². The molecule has 3 atom stereocenters. The molecule has 0 heterocycles. The molecular weight excluding hydrogens is 693 g/mol. The fraction of sp³-hybridized carbons (Fsp3) is 0.854. The van der Waals surface area contributed by atoms with Gasteiger partial charge < -0.3 is 23.8 Å². The first-order valence-corrected chi connectivity index (χ1v) is 22.6. The van der Waals surface area contributed by atoms with Crippen molar-refractivity contribution in [3.63, 3.8) is 0 Å². The Bertz CT molecular complexity index is 1030. The molecule has 0 aromatic heterocycles. The van der Waals surface area contributed by atoms with Crippen LogP contribution in [0.5, 0.6) is 0 Å². The van der Waals surface area contributed by atoms with Gasteiger partial charge in [-0.3, -0.25) is 14.2 Å². The van der Waals surface area contributed by atoms with E-state index in [0.717, 1.165) is 70.6 Å². The van der Waals surface area contributed by atoms with Crippen LogP contribution in [0.1, 0.15) is 200 Å². The zero-order valence-electron chi connectivity index (χ0n) is 33.5. The largest absolute Gasteiger partial charge is 0.756 e. The third-order valence-corrected chi connectivity index (χ3v) is 9.75. The van der Waals surface area contributed by atoms with E-state index in [4.69, 9.17) is 19.9 Å². The van der Waals surface area contributed by atoms with Crippen molar-refractivity contribution in [1.29, 1.82) is 0 Å². The van der Waals surface area contributed by atoms with Gasteiger partial charge in [-0.15, -0.1) is 0 Å². The van der Waals surface area contributed by atoms with Crippen LogP contribution in [0, 0.1) is 0 Å². The Morgan fingerprint density at radius 2 is 1.02 bits per heavy atom. The molecule has 12 heteroatoms. The fourth-order valence-corrected chi connectivity index (χ4v) is 6.42. The van der Waals surface area contributed by atoms with Crippen LogP contribution in [0.25, 0.3) is 10.4 Å². The monoisotopic (exact) mass is 769 g/mol. The second-order valence-electron chi connectivity index (χ2n) is 14.3. The summed E-state index contributed by atoms with van der Waals surface area (Å²) >= 11 is 0. The summed E-state index contributed by atoms with van der Waals surface area (Å²) in [7, 11) is -5.16. The molecule has 0 aromatic carbocycles. The Kier molecular flexibility index (Phi) is 36.6. The van der Waals surface area contributed by atoms with Crippen LogP contribution in [-0.2, 0) is 28.2 Å². The number of phosphoric acid groups is 1. The molecule has 308 valence electrons. The molecule has 0 amide bonds. The highest BCUT2D eigenvalue weighted by Crippen LogP contribution is 2.31. The molecule has 11 nitrogen and oxygen atoms in total. The molecule has 0 aliphatic rings. The summed E-state index contributed by atoms with van der Waals surface area (Å²) in [5, 5.41) is 3.46. The van der Waals surface area contributed by atoms with E-state index in [1.165, 1.54) is 89.9 Å². The number of rotatable bonds is 39. The quantitative estimate of drug-likeness (QED) is 0.0122. The first-order chi connectivity index (χ1) is 25.7. The molecule has 0 aromatic rings. The van der Waals surface area contributed by atoms with Crippen molar-refractivity contribution in [2.75, 3.05) is 13.2 Å². The fourth-order valence-electron chi connectivity index (χ4n) is 6.09. The zero-order valence-corrected chi connectivity index (χ0v) is 34.4. The molecular formula is C41H75N3O8P-. The van der Waals surface area contributed by atoms with Gasteiger partial charge in [0.05, 0.1) is 13.2 Å². The summed E-state index contributed by atoms with van der Waals surface area (Å²) in [5.41, 5.74) is 8.87. The van der Waals surface area contributed by atoms with E-state index in [1.54, 1.807) is 0 Å². The van der Waals surface area contributed by atoms with Crippen LogP contribution in [0.2, 0.25) is 0 Å². The van der Waals surface area contributed by atoms with Crippen molar-refractivity contribution >= 4 is 19.8 Å². The molecule has 1 unspecified atom stereocenters. The van der Waals surface area contributed by atoms with Gasteiger partial charge in [0.2, 0.25) is 0 Å². The predicted molar refractivity (Wildman–Crippen MR) is 213 cm³/mol. The third-order valence-electron chi connectivity index (χ3n) is 9.27. The topological polar surface area (TPSA) is 171 Å². The minimum absolute atomic E-state index is 0.0840. The number of carbonyl (C=O) groups excluding carboxylic acids is 2. The summed E-state index contributed by atoms with van der Waals surface area (Å²) in [5.74, 6) is -1.19. The van der Waals surface area contributed by atoms with Crippen LogP contribution < -0.4 is 4.89 Å². The van der Waals surface area contributed by atoms with E-state index in [0.29, 0.717) is 12.8 Å². The summed E-state index contributed by atoms with van der Waals surface area (Å²) in [4.78, 5) is 48.5. The van der Waals surface area contributed by atoms with Gasteiger partial charge in [0.15, 0.2) is 6.10 Å². The number of phosphoric ester groups is 1. The van der Waals surface area contributed by atoms with Crippen molar-refractivity contribution in [2.45, 2.75) is 212 Å². The molecule has 1 N–H and O–H groups in total. The number of allylic oxidation sites excluding steroid dienone is 4. The van der Waals surface area contributed by atoms with Crippen molar-refractivity contribution in [1.82, 2.24) is 0 Å². The molecule has 0 fully saturated rings. The Morgan fingerprint density at radius 1 is 0.642 bits per heavy atom. The normalized spacial score (nSPS) is 13.9. The van der Waals surface area contributed by atoms with E-state index in [2.05, 4.69) is 52.7 Å². The number of carbonyl (C=O) groups is 2. The van der Waals surface area contributed by atoms with Gasteiger partial charge >= 0.3 is 11.9 Å². The lowest BCUT2D eigenvalue weighted by molar-refractivity contribution is -0.224. The van der Waals surface area contributed by atoms with Gasteiger partial charge in [-0.05, 0) is 50.5 Å². The lowest BCUT2D eigenvalue weighted by Crippen LogP contribution is -2.40. The average Bonchev–Trinajstić information content (AvgIpc) is 3.12.